The molecule has 9 heteroatoms. The summed E-state index contributed by atoms with van der Waals surface area (Å²) >= 11 is 0. The van der Waals surface area contributed by atoms with Crippen LogP contribution in [0.1, 0.15) is 17.3 Å². The number of carbonyl (C=O) groups is 2. The van der Waals surface area contributed by atoms with Crippen LogP contribution in [-0.4, -0.2) is 94.0 Å². The van der Waals surface area contributed by atoms with E-state index in [1.807, 2.05) is 67.6 Å². The monoisotopic (exact) mass is 532 g/mol. The number of fused-ring (bicyclic) bond motifs is 1. The smallest absolute Gasteiger partial charge is 0.409 e. The van der Waals surface area contributed by atoms with Crippen molar-refractivity contribution in [3.8, 4) is 5.75 Å². The van der Waals surface area contributed by atoms with E-state index in [1.54, 1.807) is 4.90 Å². The van der Waals surface area contributed by atoms with Gasteiger partial charge in [0, 0.05) is 73.5 Å². The lowest BCUT2D eigenvalue weighted by Crippen LogP contribution is -2.49. The van der Waals surface area contributed by atoms with Gasteiger partial charge in [-0.25, -0.2) is 4.79 Å². The summed E-state index contributed by atoms with van der Waals surface area (Å²) < 4.78 is 16.7. The van der Waals surface area contributed by atoms with Crippen LogP contribution in [0.4, 0.5) is 16.2 Å². The molecule has 2 heterocycles. The number of rotatable bonds is 8. The number of hydrogen-bond donors (Lipinski definition) is 1. The maximum absolute atomic E-state index is 13.2. The number of anilines is 2. The third-order valence-electron chi connectivity index (χ3n) is 7.18. The highest BCUT2D eigenvalue weighted by Crippen LogP contribution is 2.32. The lowest BCUT2D eigenvalue weighted by atomic mass is 10.1. The first-order valence-corrected chi connectivity index (χ1v) is 13.6. The molecule has 9 nitrogen and oxygen atoms in total. The van der Waals surface area contributed by atoms with Crippen LogP contribution in [0.5, 0.6) is 5.75 Å². The normalized spacial score (nSPS) is 16.2. The number of morpholine rings is 1. The Morgan fingerprint density at radius 1 is 0.897 bits per heavy atom. The molecule has 0 aliphatic carbocycles. The first-order chi connectivity index (χ1) is 19.1. The Morgan fingerprint density at radius 2 is 1.67 bits per heavy atom. The van der Waals surface area contributed by atoms with E-state index in [1.165, 1.54) is 0 Å². The summed E-state index contributed by atoms with van der Waals surface area (Å²) in [4.78, 5) is 31.4. The van der Waals surface area contributed by atoms with E-state index < -0.39 is 0 Å². The fourth-order valence-electron chi connectivity index (χ4n) is 5.02. The number of nitrogens with zero attached hydrogens (tertiary/aromatic N) is 3. The highest BCUT2D eigenvalue weighted by atomic mass is 16.6. The molecule has 0 saturated carbocycles. The topological polar surface area (TPSA) is 83.6 Å². The number of hydrogen-bond acceptors (Lipinski definition) is 7. The van der Waals surface area contributed by atoms with Crippen molar-refractivity contribution in [2.24, 2.45) is 0 Å². The Labute approximate surface area is 229 Å². The van der Waals surface area contributed by atoms with E-state index in [0.717, 1.165) is 60.6 Å². The second-order valence-electron chi connectivity index (χ2n) is 9.64. The molecule has 2 amide bonds. The summed E-state index contributed by atoms with van der Waals surface area (Å²) in [5.41, 5.74) is 2.39. The molecular weight excluding hydrogens is 496 g/mol. The zero-order valence-electron chi connectivity index (χ0n) is 22.4. The third-order valence-corrected chi connectivity index (χ3v) is 7.18. The molecule has 3 aromatic rings. The maximum atomic E-state index is 13.2. The summed E-state index contributed by atoms with van der Waals surface area (Å²) in [6, 6.07) is 19.5. The Bertz CT molecular complexity index is 1290. The third kappa shape index (κ3) is 6.61. The molecule has 0 aromatic heterocycles. The van der Waals surface area contributed by atoms with Crippen LogP contribution in [0.15, 0.2) is 60.7 Å². The lowest BCUT2D eigenvalue weighted by molar-refractivity contribution is 0.0758. The average molecular weight is 533 g/mol. The van der Waals surface area contributed by atoms with Crippen molar-refractivity contribution in [3.63, 3.8) is 0 Å². The molecule has 2 aliphatic rings. The number of amides is 2. The molecule has 2 fully saturated rings. The van der Waals surface area contributed by atoms with Crippen molar-refractivity contribution in [1.29, 1.82) is 0 Å². The van der Waals surface area contributed by atoms with Crippen molar-refractivity contribution in [2.45, 2.75) is 6.92 Å². The summed E-state index contributed by atoms with van der Waals surface area (Å²) in [5, 5.41) is 4.98. The highest BCUT2D eigenvalue weighted by Gasteiger charge is 2.22. The van der Waals surface area contributed by atoms with Crippen LogP contribution in [0.25, 0.3) is 10.8 Å². The van der Waals surface area contributed by atoms with Crippen LogP contribution < -0.4 is 15.0 Å². The van der Waals surface area contributed by atoms with Crippen LogP contribution in [0, 0.1) is 0 Å². The molecule has 3 aromatic carbocycles. The SMILES string of the molecule is CCOC(=O)N1CCN(CCOc2ccc(NC(=O)c3cccc(N4CCOCC4)c3)c3ccccc23)CC1. The van der Waals surface area contributed by atoms with E-state index in [2.05, 4.69) is 15.1 Å². The lowest BCUT2D eigenvalue weighted by Gasteiger charge is -2.33. The first kappa shape index (κ1) is 26.8. The predicted molar refractivity (Wildman–Crippen MR) is 152 cm³/mol. The first-order valence-electron chi connectivity index (χ1n) is 13.6. The van der Waals surface area contributed by atoms with E-state index in [-0.39, 0.29) is 12.0 Å². The van der Waals surface area contributed by atoms with Gasteiger partial charge in [-0.15, -0.1) is 0 Å². The summed E-state index contributed by atoms with van der Waals surface area (Å²) in [6.45, 7) is 9.45. The van der Waals surface area contributed by atoms with Crippen LogP contribution in [0.2, 0.25) is 0 Å². The van der Waals surface area contributed by atoms with Crippen LogP contribution >= 0.6 is 0 Å². The van der Waals surface area contributed by atoms with Gasteiger partial charge in [-0.05, 0) is 37.3 Å². The van der Waals surface area contributed by atoms with Gasteiger partial charge in [-0.1, -0.05) is 30.3 Å². The van der Waals surface area contributed by atoms with E-state index in [9.17, 15) is 9.59 Å². The van der Waals surface area contributed by atoms with Gasteiger partial charge < -0.3 is 29.3 Å². The number of piperazine rings is 1. The molecule has 0 bridgehead atoms. The van der Waals surface area contributed by atoms with Crippen LogP contribution in [-0.2, 0) is 9.47 Å². The van der Waals surface area contributed by atoms with Gasteiger partial charge in [-0.2, -0.15) is 0 Å². The summed E-state index contributed by atoms with van der Waals surface area (Å²) in [5.74, 6) is 0.633. The number of carbonyl (C=O) groups excluding carboxylic acids is 2. The molecule has 39 heavy (non-hydrogen) atoms. The molecular formula is C30H36N4O5. The van der Waals surface area contributed by atoms with Gasteiger partial charge >= 0.3 is 6.09 Å². The number of benzene rings is 3. The average Bonchev–Trinajstić information content (AvgIpc) is 2.99. The Balaban J connectivity index is 1.20. The van der Waals surface area contributed by atoms with Gasteiger partial charge in [0.1, 0.15) is 12.4 Å². The van der Waals surface area contributed by atoms with E-state index >= 15 is 0 Å². The van der Waals surface area contributed by atoms with Gasteiger partial charge in [0.25, 0.3) is 5.91 Å². The second kappa shape index (κ2) is 12.8. The molecule has 0 unspecified atom stereocenters. The molecule has 0 radical (unpaired) electrons. The minimum absolute atomic E-state index is 0.147. The van der Waals surface area contributed by atoms with Gasteiger partial charge in [-0.3, -0.25) is 9.69 Å². The highest BCUT2D eigenvalue weighted by molar-refractivity contribution is 6.10. The van der Waals surface area contributed by atoms with Crippen LogP contribution in [0.3, 0.4) is 0 Å². The fraction of sp³-hybridized carbons (Fsp3) is 0.400. The minimum atomic E-state index is -0.239. The van der Waals surface area contributed by atoms with Gasteiger partial charge in [0.2, 0.25) is 0 Å². The number of nitrogens with one attached hydrogen (secondary N) is 1. The fourth-order valence-corrected chi connectivity index (χ4v) is 5.02. The van der Waals surface area contributed by atoms with Crippen molar-refractivity contribution in [1.82, 2.24) is 9.80 Å². The Morgan fingerprint density at radius 3 is 2.44 bits per heavy atom. The van der Waals surface area contributed by atoms with Gasteiger partial charge in [0.05, 0.1) is 19.8 Å². The largest absolute Gasteiger partial charge is 0.492 e. The minimum Gasteiger partial charge on any atom is -0.492 e. The zero-order valence-corrected chi connectivity index (χ0v) is 22.4. The summed E-state index contributed by atoms with van der Waals surface area (Å²) in [6.07, 6.45) is -0.239. The molecule has 1 N–H and O–H groups in total. The Kier molecular flexibility index (Phi) is 8.80. The molecule has 206 valence electrons. The molecule has 5 rings (SSSR count). The van der Waals surface area contributed by atoms with Crippen molar-refractivity contribution in [3.05, 3.63) is 66.2 Å². The molecule has 0 spiro atoms. The van der Waals surface area contributed by atoms with Crippen molar-refractivity contribution >= 4 is 34.1 Å². The van der Waals surface area contributed by atoms with E-state index in [4.69, 9.17) is 14.2 Å². The molecule has 2 aliphatic heterocycles. The molecule has 2 saturated heterocycles. The maximum Gasteiger partial charge on any atom is 0.409 e. The van der Waals surface area contributed by atoms with E-state index in [0.29, 0.717) is 45.1 Å². The quantitative estimate of drug-likeness (QED) is 0.468. The zero-order chi connectivity index (χ0) is 27.0. The summed E-state index contributed by atoms with van der Waals surface area (Å²) in [7, 11) is 0. The Hall–Kier alpha value is -3.82. The number of ether oxygens (including phenoxy) is 3. The molecule has 0 atom stereocenters. The van der Waals surface area contributed by atoms with Crippen molar-refractivity contribution in [2.75, 3.05) is 82.5 Å². The predicted octanol–water partition coefficient (Wildman–Crippen LogP) is 4.08. The van der Waals surface area contributed by atoms with Gasteiger partial charge in [0.15, 0.2) is 0 Å². The standard InChI is InChI=1S/C30H36N4O5/c1-2-38-30(36)34-14-12-32(13-15-34)16-21-39-28-11-10-27(25-8-3-4-9-26(25)28)31-29(35)23-6-5-7-24(22-23)33-17-19-37-20-18-33/h3-11,22H,2,12-21H2,1H3,(H,31,35). The van der Waals surface area contributed by atoms with Crippen molar-refractivity contribution < 1.29 is 23.8 Å². The second-order valence-corrected chi connectivity index (χ2v) is 9.64.